The predicted molar refractivity (Wildman–Crippen MR) is 169 cm³/mol. The maximum absolute atomic E-state index is 14.0. The molecule has 2 heterocycles. The van der Waals surface area contributed by atoms with Gasteiger partial charge in [0.15, 0.2) is 16.3 Å². The first-order valence-electron chi connectivity index (χ1n) is 13.6. The van der Waals surface area contributed by atoms with Crippen LogP contribution in [0.2, 0.25) is 0 Å². The Bertz CT molecular complexity index is 1930. The molecular weight excluding hydrogens is 603 g/mol. The van der Waals surface area contributed by atoms with Crippen molar-refractivity contribution in [2.24, 2.45) is 4.99 Å². The van der Waals surface area contributed by atoms with Crippen LogP contribution in [-0.2, 0) is 16.1 Å². The summed E-state index contributed by atoms with van der Waals surface area (Å²) >= 11 is 2.66. The van der Waals surface area contributed by atoms with E-state index in [0.717, 1.165) is 21.8 Å². The summed E-state index contributed by atoms with van der Waals surface area (Å²) in [5.74, 6) is -0.0868. The van der Waals surface area contributed by atoms with E-state index in [2.05, 4.69) is 4.99 Å². The van der Waals surface area contributed by atoms with Gasteiger partial charge in [0, 0.05) is 4.90 Å². The van der Waals surface area contributed by atoms with E-state index in [1.54, 1.807) is 25.6 Å². The van der Waals surface area contributed by atoms with Crippen LogP contribution < -0.4 is 24.4 Å². The average molecular weight is 632 g/mol. The van der Waals surface area contributed by atoms with Gasteiger partial charge < -0.3 is 14.2 Å². The summed E-state index contributed by atoms with van der Waals surface area (Å²) < 4.78 is 18.4. The summed E-state index contributed by atoms with van der Waals surface area (Å²) in [6.07, 6.45) is 3.41. The number of allylic oxidation sites excluding steroid dienone is 1. The molecule has 0 radical (unpaired) electrons. The highest BCUT2D eigenvalue weighted by molar-refractivity contribution is 7.98. The summed E-state index contributed by atoms with van der Waals surface area (Å²) in [6.45, 7) is 3.77. The molecule has 1 aliphatic heterocycles. The number of hydrogen-bond donors (Lipinski definition) is 0. The molecule has 0 spiro atoms. The smallest absolute Gasteiger partial charge is 0.338 e. The van der Waals surface area contributed by atoms with Gasteiger partial charge in [-0.2, -0.15) is 0 Å². The van der Waals surface area contributed by atoms with Crippen molar-refractivity contribution < 1.29 is 23.9 Å². The lowest BCUT2D eigenvalue weighted by Gasteiger charge is -2.24. The summed E-state index contributed by atoms with van der Waals surface area (Å²) in [7, 11) is 1.44. The molecule has 3 aromatic carbocycles. The Hall–Kier alpha value is -4.68. The Morgan fingerprint density at radius 1 is 1.14 bits per heavy atom. The molecule has 0 aliphatic carbocycles. The first kappa shape index (κ1) is 30.8. The Labute approximate surface area is 261 Å². The lowest BCUT2D eigenvalue weighted by molar-refractivity contribution is -0.385. The van der Waals surface area contributed by atoms with Gasteiger partial charge in [0.1, 0.15) is 6.61 Å². The van der Waals surface area contributed by atoms with Gasteiger partial charge in [-0.15, -0.1) is 11.8 Å². The number of rotatable bonds is 10. The Morgan fingerprint density at radius 2 is 1.86 bits per heavy atom. The van der Waals surface area contributed by atoms with E-state index >= 15 is 0 Å². The lowest BCUT2D eigenvalue weighted by Crippen LogP contribution is -2.39. The van der Waals surface area contributed by atoms with Crippen LogP contribution in [-0.4, -0.2) is 35.4 Å². The number of ether oxygens (including phenoxy) is 3. The molecule has 0 bridgehead atoms. The van der Waals surface area contributed by atoms with Crippen LogP contribution in [0.5, 0.6) is 11.5 Å². The van der Waals surface area contributed by atoms with Gasteiger partial charge in [0.25, 0.3) is 11.2 Å². The van der Waals surface area contributed by atoms with Crippen LogP contribution in [0.4, 0.5) is 5.69 Å². The molecule has 0 amide bonds. The number of carbonyl (C=O) groups excluding carboxylic acids is 1. The van der Waals surface area contributed by atoms with E-state index in [-0.39, 0.29) is 46.1 Å². The fourth-order valence-corrected chi connectivity index (χ4v) is 6.33. The number of thioether (sulfide) groups is 1. The van der Waals surface area contributed by atoms with E-state index in [1.165, 1.54) is 29.9 Å². The Morgan fingerprint density at radius 3 is 2.50 bits per heavy atom. The normalized spacial score (nSPS) is 14.5. The van der Waals surface area contributed by atoms with Crippen LogP contribution in [0.1, 0.15) is 36.6 Å². The third kappa shape index (κ3) is 6.17. The number of fused-ring (bicyclic) bond motifs is 1. The molecule has 0 saturated carbocycles. The molecule has 10 nitrogen and oxygen atoms in total. The second-order valence-corrected chi connectivity index (χ2v) is 11.6. The van der Waals surface area contributed by atoms with Crippen molar-refractivity contribution in [3.8, 4) is 11.5 Å². The van der Waals surface area contributed by atoms with Crippen molar-refractivity contribution >= 4 is 40.8 Å². The topological polar surface area (TPSA) is 122 Å². The highest BCUT2D eigenvalue weighted by Crippen LogP contribution is 2.36. The average Bonchev–Trinajstić information content (AvgIpc) is 3.33. The highest BCUT2D eigenvalue weighted by atomic mass is 32.2. The molecule has 44 heavy (non-hydrogen) atoms. The van der Waals surface area contributed by atoms with E-state index in [1.807, 2.05) is 60.9 Å². The standard InChI is InChI=1S/C32H29N3O7S2/c1-5-41-31(37)28-19(2)33-32-34(29(28)21-11-13-23(43-4)14-12-21)30(36)27(44-32)16-22-15-25(40-3)26(17-24(22)35(38)39)42-18-20-9-7-6-8-10-20/h6-17,29H,5,18H2,1-4H3/b27-16-/t29-/m1/s1. The summed E-state index contributed by atoms with van der Waals surface area (Å²) in [5.41, 5.74) is 1.74. The molecule has 0 N–H and O–H groups in total. The quantitative estimate of drug-likeness (QED) is 0.104. The third-order valence-electron chi connectivity index (χ3n) is 6.98. The number of thiazole rings is 1. The van der Waals surface area contributed by atoms with Crippen molar-refractivity contribution in [2.45, 2.75) is 31.4 Å². The molecule has 4 aromatic rings. The summed E-state index contributed by atoms with van der Waals surface area (Å²) in [5, 5.41) is 12.2. The molecule has 5 rings (SSSR count). The molecule has 226 valence electrons. The molecule has 1 aromatic heterocycles. The number of nitrogens with zero attached hydrogens (tertiary/aromatic N) is 3. The molecule has 0 unspecified atom stereocenters. The number of nitro benzene ring substituents is 1. The number of methoxy groups -OCH3 is 1. The fraction of sp³-hybridized carbons (Fsp3) is 0.219. The van der Waals surface area contributed by atoms with Gasteiger partial charge in [-0.1, -0.05) is 53.8 Å². The SMILES string of the molecule is CCOC(=O)C1=C(C)N=c2s/c(=C\c3cc(OC)c(OCc4ccccc4)cc3[N+](=O)[O-])c(=O)n2[C@@H]1c1ccc(SC)cc1. The van der Waals surface area contributed by atoms with Crippen molar-refractivity contribution in [1.82, 2.24) is 4.57 Å². The second kappa shape index (κ2) is 13.3. The van der Waals surface area contributed by atoms with Gasteiger partial charge in [-0.3, -0.25) is 19.5 Å². The van der Waals surface area contributed by atoms with Crippen molar-refractivity contribution in [1.29, 1.82) is 0 Å². The van der Waals surface area contributed by atoms with Gasteiger partial charge in [-0.25, -0.2) is 9.79 Å². The molecule has 1 aliphatic rings. The zero-order valence-corrected chi connectivity index (χ0v) is 26.1. The first-order valence-corrected chi connectivity index (χ1v) is 15.7. The zero-order chi connectivity index (χ0) is 31.4. The molecular formula is C32H29N3O7S2. The zero-order valence-electron chi connectivity index (χ0n) is 24.4. The van der Waals surface area contributed by atoms with Gasteiger partial charge >= 0.3 is 5.97 Å². The number of carbonyl (C=O) groups is 1. The molecule has 0 saturated heterocycles. The lowest BCUT2D eigenvalue weighted by atomic mass is 9.96. The van der Waals surface area contributed by atoms with E-state index in [4.69, 9.17) is 14.2 Å². The number of benzene rings is 3. The van der Waals surface area contributed by atoms with Crippen LogP contribution in [0.3, 0.4) is 0 Å². The summed E-state index contributed by atoms with van der Waals surface area (Å²) in [6, 6.07) is 19.0. The maximum atomic E-state index is 14.0. The fourth-order valence-electron chi connectivity index (χ4n) is 4.88. The minimum absolute atomic E-state index is 0.159. The number of esters is 1. The maximum Gasteiger partial charge on any atom is 0.338 e. The summed E-state index contributed by atoms with van der Waals surface area (Å²) in [4.78, 5) is 44.7. The van der Waals surface area contributed by atoms with Crippen LogP contribution >= 0.6 is 23.1 Å². The van der Waals surface area contributed by atoms with Gasteiger partial charge in [0.2, 0.25) is 0 Å². The van der Waals surface area contributed by atoms with Gasteiger partial charge in [0.05, 0.1) is 52.1 Å². The Balaban J connectivity index is 1.64. The monoisotopic (exact) mass is 631 g/mol. The number of nitro groups is 1. The van der Waals surface area contributed by atoms with E-state index in [0.29, 0.717) is 16.1 Å². The van der Waals surface area contributed by atoms with Crippen molar-refractivity contribution in [2.75, 3.05) is 20.0 Å². The largest absolute Gasteiger partial charge is 0.493 e. The second-order valence-electron chi connectivity index (χ2n) is 9.67. The van der Waals surface area contributed by atoms with Crippen LogP contribution in [0.25, 0.3) is 6.08 Å². The highest BCUT2D eigenvalue weighted by Gasteiger charge is 2.33. The molecule has 1 atom stereocenters. The van der Waals surface area contributed by atoms with Gasteiger partial charge in [-0.05, 0) is 55.5 Å². The Kier molecular flexibility index (Phi) is 9.31. The van der Waals surface area contributed by atoms with Crippen molar-refractivity contribution in [3.05, 3.63) is 124 Å². The minimum Gasteiger partial charge on any atom is -0.493 e. The van der Waals surface area contributed by atoms with E-state index < -0.39 is 22.5 Å². The first-order chi connectivity index (χ1) is 21.2. The number of aromatic nitrogens is 1. The van der Waals surface area contributed by atoms with Crippen LogP contribution in [0.15, 0.2) is 92.7 Å². The number of hydrogen-bond acceptors (Lipinski definition) is 10. The van der Waals surface area contributed by atoms with Crippen molar-refractivity contribution in [3.63, 3.8) is 0 Å². The minimum atomic E-state index is -0.790. The van der Waals surface area contributed by atoms with Crippen LogP contribution in [0, 0.1) is 10.1 Å². The molecule has 0 fully saturated rings. The van der Waals surface area contributed by atoms with E-state index in [9.17, 15) is 19.7 Å². The molecule has 12 heteroatoms. The third-order valence-corrected chi connectivity index (χ3v) is 8.71. The predicted octanol–water partition coefficient (Wildman–Crippen LogP) is 5.02.